The summed E-state index contributed by atoms with van der Waals surface area (Å²) in [6, 6.07) is 14.0. The van der Waals surface area contributed by atoms with Gasteiger partial charge >= 0.3 is 0 Å². The van der Waals surface area contributed by atoms with Crippen LogP contribution < -0.4 is 25.4 Å². The smallest absolute Gasteiger partial charge is 0.225 e. The monoisotopic (exact) mass is 449 g/mol. The van der Waals surface area contributed by atoms with Crippen LogP contribution in [0, 0.1) is 0 Å². The third-order valence-corrected chi connectivity index (χ3v) is 5.95. The van der Waals surface area contributed by atoms with Gasteiger partial charge in [0.2, 0.25) is 5.91 Å². The van der Waals surface area contributed by atoms with Crippen molar-refractivity contribution in [2.75, 3.05) is 39.7 Å². The van der Waals surface area contributed by atoms with Crippen LogP contribution in [0.25, 0.3) is 10.9 Å². The van der Waals surface area contributed by atoms with Gasteiger partial charge in [-0.25, -0.2) is 0 Å². The van der Waals surface area contributed by atoms with Crippen molar-refractivity contribution in [2.24, 2.45) is 4.99 Å². The van der Waals surface area contributed by atoms with E-state index in [2.05, 4.69) is 38.1 Å². The van der Waals surface area contributed by atoms with Crippen LogP contribution in [0.4, 0.5) is 5.69 Å². The van der Waals surface area contributed by atoms with Gasteiger partial charge in [0.25, 0.3) is 0 Å². The number of carbonyl (C=O) groups is 1. The number of ether oxygens (including phenoxy) is 2. The summed E-state index contributed by atoms with van der Waals surface area (Å²) >= 11 is 0. The molecule has 1 aliphatic heterocycles. The molecule has 0 radical (unpaired) electrons. The van der Waals surface area contributed by atoms with Gasteiger partial charge < -0.3 is 30.4 Å². The number of amides is 1. The van der Waals surface area contributed by atoms with Crippen molar-refractivity contribution < 1.29 is 14.3 Å². The number of methoxy groups -OCH3 is 2. The molecule has 1 aliphatic rings. The van der Waals surface area contributed by atoms with Gasteiger partial charge in [0.05, 0.1) is 19.7 Å². The molecule has 33 heavy (non-hydrogen) atoms. The summed E-state index contributed by atoms with van der Waals surface area (Å²) in [6.45, 7) is 1.42. The van der Waals surface area contributed by atoms with Crippen LogP contribution in [0.3, 0.4) is 0 Å². The number of carbonyl (C=O) groups excluding carboxylic acids is 1. The highest BCUT2D eigenvalue weighted by Crippen LogP contribution is 2.32. The molecule has 0 saturated heterocycles. The summed E-state index contributed by atoms with van der Waals surface area (Å²) in [4.78, 5) is 19.8. The fraction of sp³-hybridized carbons (Fsp3) is 0.360. The summed E-state index contributed by atoms with van der Waals surface area (Å²) in [5.74, 6) is 2.47. The first-order valence-corrected chi connectivity index (χ1v) is 11.2. The summed E-state index contributed by atoms with van der Waals surface area (Å²) in [5.41, 5.74) is 4.21. The number of H-pyrrole nitrogens is 1. The van der Waals surface area contributed by atoms with E-state index in [0.29, 0.717) is 13.0 Å². The highest BCUT2D eigenvalue weighted by atomic mass is 16.5. The van der Waals surface area contributed by atoms with Gasteiger partial charge in [-0.3, -0.25) is 9.79 Å². The van der Waals surface area contributed by atoms with Gasteiger partial charge in [-0.1, -0.05) is 18.2 Å². The summed E-state index contributed by atoms with van der Waals surface area (Å²) in [5, 5.41) is 10.7. The van der Waals surface area contributed by atoms with Crippen LogP contribution in [0.1, 0.15) is 30.0 Å². The van der Waals surface area contributed by atoms with E-state index in [0.717, 1.165) is 64.7 Å². The molecule has 0 saturated carbocycles. The van der Waals surface area contributed by atoms with Crippen molar-refractivity contribution in [2.45, 2.75) is 25.2 Å². The first kappa shape index (κ1) is 22.5. The van der Waals surface area contributed by atoms with Crippen molar-refractivity contribution in [3.63, 3.8) is 0 Å². The van der Waals surface area contributed by atoms with E-state index in [4.69, 9.17) is 9.47 Å². The van der Waals surface area contributed by atoms with Gasteiger partial charge in [-0.05, 0) is 30.5 Å². The summed E-state index contributed by atoms with van der Waals surface area (Å²) in [6.07, 6.45) is 2.29. The predicted molar refractivity (Wildman–Crippen MR) is 132 cm³/mol. The molecule has 1 aromatic heterocycles. The standard InChI is InChI=1S/C25H31N5O3/c1-26-25(28-15-16-11-24(31)30-21-9-5-4-8-19(16)21)27-10-6-7-17-12-20-22(29-17)13-18(32-2)14-23(20)33-3/h4-5,8-9,12-14,16,29H,6-7,10-11,15H2,1-3H3,(H,30,31)(H2,26,27,28). The highest BCUT2D eigenvalue weighted by Gasteiger charge is 2.24. The Morgan fingerprint density at radius 3 is 2.79 bits per heavy atom. The molecule has 2 heterocycles. The quantitative estimate of drug-likeness (QED) is 0.240. The fourth-order valence-corrected chi connectivity index (χ4v) is 4.27. The maximum absolute atomic E-state index is 12.0. The van der Waals surface area contributed by atoms with E-state index in [9.17, 15) is 4.79 Å². The van der Waals surface area contributed by atoms with Gasteiger partial charge in [-0.15, -0.1) is 0 Å². The van der Waals surface area contributed by atoms with Crippen LogP contribution in [-0.2, 0) is 11.2 Å². The van der Waals surface area contributed by atoms with E-state index in [1.165, 1.54) is 0 Å². The van der Waals surface area contributed by atoms with Crippen molar-refractivity contribution in [3.8, 4) is 11.5 Å². The number of para-hydroxylation sites is 1. The predicted octanol–water partition coefficient (Wildman–Crippen LogP) is 3.41. The zero-order chi connectivity index (χ0) is 23.2. The number of nitrogens with one attached hydrogen (secondary N) is 4. The first-order chi connectivity index (χ1) is 16.1. The maximum atomic E-state index is 12.0. The third-order valence-electron chi connectivity index (χ3n) is 5.95. The number of aliphatic imine (C=N–C) groups is 1. The second-order valence-electron chi connectivity index (χ2n) is 8.11. The molecule has 174 valence electrons. The van der Waals surface area contributed by atoms with Crippen LogP contribution in [0.5, 0.6) is 11.5 Å². The number of hydrogen-bond donors (Lipinski definition) is 4. The van der Waals surface area contributed by atoms with Gasteiger partial charge in [0.1, 0.15) is 11.5 Å². The Morgan fingerprint density at radius 1 is 1.15 bits per heavy atom. The topological polar surface area (TPSA) is 99.8 Å². The molecule has 1 unspecified atom stereocenters. The lowest BCUT2D eigenvalue weighted by atomic mass is 9.90. The van der Waals surface area contributed by atoms with Crippen LogP contribution in [0.2, 0.25) is 0 Å². The molecule has 0 bridgehead atoms. The van der Waals surface area contributed by atoms with E-state index < -0.39 is 0 Å². The number of nitrogens with zero attached hydrogens (tertiary/aromatic N) is 1. The lowest BCUT2D eigenvalue weighted by molar-refractivity contribution is -0.116. The number of anilines is 1. The van der Waals surface area contributed by atoms with Crippen molar-refractivity contribution >= 4 is 28.5 Å². The van der Waals surface area contributed by atoms with E-state index >= 15 is 0 Å². The second kappa shape index (κ2) is 10.3. The van der Waals surface area contributed by atoms with Crippen molar-refractivity contribution in [1.82, 2.24) is 15.6 Å². The Bertz CT molecular complexity index is 1150. The molecular weight excluding hydrogens is 418 g/mol. The zero-order valence-electron chi connectivity index (χ0n) is 19.3. The number of aryl methyl sites for hydroxylation is 1. The minimum atomic E-state index is 0.0519. The fourth-order valence-electron chi connectivity index (χ4n) is 4.27. The zero-order valence-corrected chi connectivity index (χ0v) is 19.3. The molecular formula is C25H31N5O3. The Hall–Kier alpha value is -3.68. The summed E-state index contributed by atoms with van der Waals surface area (Å²) in [7, 11) is 5.08. The first-order valence-electron chi connectivity index (χ1n) is 11.2. The average Bonchev–Trinajstić information content (AvgIpc) is 3.25. The minimum Gasteiger partial charge on any atom is -0.497 e. The van der Waals surface area contributed by atoms with Crippen LogP contribution >= 0.6 is 0 Å². The van der Waals surface area contributed by atoms with Crippen molar-refractivity contribution in [1.29, 1.82) is 0 Å². The van der Waals surface area contributed by atoms with Gasteiger partial charge in [0.15, 0.2) is 5.96 Å². The molecule has 4 N–H and O–H groups in total. The Balaban J connectivity index is 1.28. The highest BCUT2D eigenvalue weighted by molar-refractivity contribution is 5.95. The SMILES string of the molecule is CN=C(NCCCc1cc2c(OC)cc(OC)cc2[nH]1)NCC1CC(=O)Nc2ccccc21. The van der Waals surface area contributed by atoms with E-state index in [-0.39, 0.29) is 11.8 Å². The molecule has 0 spiro atoms. The summed E-state index contributed by atoms with van der Waals surface area (Å²) < 4.78 is 10.9. The number of benzene rings is 2. The third kappa shape index (κ3) is 5.22. The number of rotatable bonds is 8. The minimum absolute atomic E-state index is 0.0519. The molecule has 3 aromatic rings. The number of hydrogen-bond acceptors (Lipinski definition) is 4. The molecule has 8 heteroatoms. The average molecular weight is 450 g/mol. The Kier molecular flexibility index (Phi) is 7.02. The second-order valence-corrected chi connectivity index (χ2v) is 8.11. The van der Waals surface area contributed by atoms with E-state index in [1.807, 2.05) is 30.3 Å². The van der Waals surface area contributed by atoms with E-state index in [1.54, 1.807) is 21.3 Å². The number of aromatic nitrogens is 1. The molecule has 1 amide bonds. The largest absolute Gasteiger partial charge is 0.497 e. The van der Waals surface area contributed by atoms with Crippen LogP contribution in [-0.4, -0.2) is 51.2 Å². The molecule has 2 aromatic carbocycles. The maximum Gasteiger partial charge on any atom is 0.225 e. The molecule has 0 fully saturated rings. The Labute approximate surface area is 193 Å². The van der Waals surface area contributed by atoms with Crippen molar-refractivity contribution in [3.05, 3.63) is 53.7 Å². The van der Waals surface area contributed by atoms with Gasteiger partial charge in [0, 0.05) is 61.4 Å². The molecule has 0 aliphatic carbocycles. The molecule has 1 atom stereocenters. The lowest BCUT2D eigenvalue weighted by Crippen LogP contribution is -2.41. The lowest BCUT2D eigenvalue weighted by Gasteiger charge is -2.26. The van der Waals surface area contributed by atoms with Gasteiger partial charge in [-0.2, -0.15) is 0 Å². The number of fused-ring (bicyclic) bond motifs is 2. The van der Waals surface area contributed by atoms with Crippen LogP contribution in [0.15, 0.2) is 47.5 Å². The normalized spacial score (nSPS) is 15.7. The Morgan fingerprint density at radius 2 is 2.00 bits per heavy atom. The number of aromatic amines is 1. The number of guanidine groups is 1. The molecule has 8 nitrogen and oxygen atoms in total. The molecule has 4 rings (SSSR count).